The summed E-state index contributed by atoms with van der Waals surface area (Å²) in [5.41, 5.74) is 1.63. The van der Waals surface area contributed by atoms with Crippen molar-refractivity contribution in [2.24, 2.45) is 5.92 Å². The van der Waals surface area contributed by atoms with Gasteiger partial charge in [0.05, 0.1) is 5.69 Å². The summed E-state index contributed by atoms with van der Waals surface area (Å²) in [5, 5.41) is 6.42. The second-order valence-electron chi connectivity index (χ2n) is 4.38. The molecule has 1 aromatic rings. The van der Waals surface area contributed by atoms with Crippen molar-refractivity contribution < 1.29 is 4.79 Å². The fourth-order valence-electron chi connectivity index (χ4n) is 2.12. The van der Waals surface area contributed by atoms with Crippen molar-refractivity contribution >= 4 is 5.91 Å². The van der Waals surface area contributed by atoms with Gasteiger partial charge < -0.3 is 4.90 Å². The van der Waals surface area contributed by atoms with Crippen LogP contribution in [0.25, 0.3) is 0 Å². The van der Waals surface area contributed by atoms with Crippen LogP contribution in [0.2, 0.25) is 0 Å². The van der Waals surface area contributed by atoms with E-state index >= 15 is 0 Å². The van der Waals surface area contributed by atoms with Gasteiger partial charge in [0.1, 0.15) is 0 Å². The van der Waals surface area contributed by atoms with Gasteiger partial charge in [-0.3, -0.25) is 9.59 Å². The molecule has 1 unspecified atom stereocenters. The summed E-state index contributed by atoms with van der Waals surface area (Å²) >= 11 is 0. The lowest BCUT2D eigenvalue weighted by molar-refractivity contribution is -0.133. The molecule has 0 radical (unpaired) electrons. The van der Waals surface area contributed by atoms with Crippen LogP contribution in [0.4, 0.5) is 0 Å². The predicted octanol–water partition coefficient (Wildman–Crippen LogP) is -0.0370. The van der Waals surface area contributed by atoms with Crippen molar-refractivity contribution in [3.8, 4) is 0 Å². The van der Waals surface area contributed by atoms with Gasteiger partial charge >= 0.3 is 0 Å². The first-order chi connectivity index (χ1) is 7.58. The van der Waals surface area contributed by atoms with E-state index in [0.717, 1.165) is 24.1 Å². The highest BCUT2D eigenvalue weighted by atomic mass is 16.2. The average molecular weight is 221 g/mol. The van der Waals surface area contributed by atoms with Gasteiger partial charge in [0.15, 0.2) is 0 Å². The summed E-state index contributed by atoms with van der Waals surface area (Å²) in [7, 11) is 3.52. The van der Waals surface area contributed by atoms with E-state index in [1.165, 1.54) is 0 Å². The highest BCUT2D eigenvalue weighted by Gasteiger charge is 2.26. The number of carbonyl (C=O) groups is 1. The van der Waals surface area contributed by atoms with Gasteiger partial charge in [-0.15, -0.1) is 0 Å². The number of nitrogens with zero attached hydrogens (tertiary/aromatic N) is 2. The van der Waals surface area contributed by atoms with Crippen LogP contribution in [0, 0.1) is 5.92 Å². The van der Waals surface area contributed by atoms with Gasteiger partial charge in [-0.2, -0.15) is 5.10 Å². The predicted molar refractivity (Wildman–Crippen MR) is 59.1 cm³/mol. The Hall–Kier alpha value is -1.65. The van der Waals surface area contributed by atoms with E-state index in [-0.39, 0.29) is 17.4 Å². The third kappa shape index (κ3) is 1.98. The van der Waals surface area contributed by atoms with Crippen LogP contribution in [0.3, 0.4) is 0 Å². The minimum atomic E-state index is -0.197. The molecule has 0 spiro atoms. The van der Waals surface area contributed by atoms with Crippen molar-refractivity contribution in [2.75, 3.05) is 14.1 Å². The van der Waals surface area contributed by atoms with E-state index in [1.54, 1.807) is 25.1 Å². The lowest BCUT2D eigenvalue weighted by atomic mass is 9.86. The molecule has 1 heterocycles. The maximum Gasteiger partial charge on any atom is 0.264 e. The van der Waals surface area contributed by atoms with Gasteiger partial charge in [0, 0.05) is 26.1 Å². The van der Waals surface area contributed by atoms with Gasteiger partial charge in [-0.25, -0.2) is 5.10 Å². The summed E-state index contributed by atoms with van der Waals surface area (Å²) in [6.45, 7) is 0. The molecule has 1 aromatic heterocycles. The van der Waals surface area contributed by atoms with Gasteiger partial charge in [0.25, 0.3) is 5.56 Å². The van der Waals surface area contributed by atoms with Crippen LogP contribution in [0.15, 0.2) is 10.9 Å². The van der Waals surface area contributed by atoms with E-state index < -0.39 is 0 Å². The maximum absolute atomic E-state index is 11.8. The summed E-state index contributed by atoms with van der Waals surface area (Å²) in [6.07, 6.45) is 2.20. The zero-order chi connectivity index (χ0) is 11.7. The van der Waals surface area contributed by atoms with E-state index in [4.69, 9.17) is 0 Å². The molecule has 0 fully saturated rings. The lowest BCUT2D eigenvalue weighted by Crippen LogP contribution is -2.34. The van der Waals surface area contributed by atoms with Crippen molar-refractivity contribution in [2.45, 2.75) is 19.3 Å². The fourth-order valence-corrected chi connectivity index (χ4v) is 2.12. The van der Waals surface area contributed by atoms with Crippen LogP contribution < -0.4 is 5.56 Å². The molecule has 5 nitrogen and oxygen atoms in total. The maximum atomic E-state index is 11.8. The number of amides is 1. The molecule has 1 N–H and O–H groups in total. The van der Waals surface area contributed by atoms with Crippen molar-refractivity contribution in [3.05, 3.63) is 27.7 Å². The summed E-state index contributed by atoms with van der Waals surface area (Å²) < 4.78 is 0. The molecular weight excluding hydrogens is 206 g/mol. The monoisotopic (exact) mass is 221 g/mol. The molecule has 0 aromatic carbocycles. The van der Waals surface area contributed by atoms with Crippen molar-refractivity contribution in [1.82, 2.24) is 15.1 Å². The number of rotatable bonds is 1. The molecule has 0 saturated heterocycles. The molecule has 1 atom stereocenters. The van der Waals surface area contributed by atoms with Crippen LogP contribution in [-0.2, 0) is 17.6 Å². The Kier molecular flexibility index (Phi) is 2.77. The largest absolute Gasteiger partial charge is 0.349 e. The highest BCUT2D eigenvalue weighted by Crippen LogP contribution is 2.23. The zero-order valence-corrected chi connectivity index (χ0v) is 9.49. The second-order valence-corrected chi connectivity index (χ2v) is 4.38. The Balaban J connectivity index is 2.23. The minimum absolute atomic E-state index is 0.00824. The van der Waals surface area contributed by atoms with E-state index in [0.29, 0.717) is 6.42 Å². The fraction of sp³-hybridized carbons (Fsp3) is 0.545. The standard InChI is InChI=1S/C11H15N3O2/c1-14(2)11(16)7-3-4-9-8(5-7)6-10(15)13-12-9/h6-7H,3-5H2,1-2H3,(H,13,15). The third-order valence-corrected chi connectivity index (χ3v) is 2.96. The number of hydrogen-bond acceptors (Lipinski definition) is 3. The number of hydrogen-bond donors (Lipinski definition) is 1. The SMILES string of the molecule is CN(C)C(=O)C1CCc2n[nH]c(=O)cc2C1. The molecule has 0 aliphatic heterocycles. The Bertz CT molecular complexity index is 465. The Labute approximate surface area is 93.5 Å². The Morgan fingerprint density at radius 1 is 1.56 bits per heavy atom. The lowest BCUT2D eigenvalue weighted by Gasteiger charge is -2.24. The number of H-pyrrole nitrogens is 1. The normalized spacial score (nSPS) is 19.0. The number of nitrogens with one attached hydrogen (secondary N) is 1. The first kappa shape index (κ1) is 10.9. The number of carbonyl (C=O) groups excluding carboxylic acids is 1. The summed E-state index contributed by atoms with van der Waals surface area (Å²) in [4.78, 5) is 24.6. The minimum Gasteiger partial charge on any atom is -0.349 e. The zero-order valence-electron chi connectivity index (χ0n) is 9.49. The number of fused-ring (bicyclic) bond motifs is 1. The molecule has 0 bridgehead atoms. The molecule has 1 amide bonds. The van der Waals surface area contributed by atoms with Gasteiger partial charge in [-0.1, -0.05) is 0 Å². The van der Waals surface area contributed by atoms with Crippen LogP contribution in [0.1, 0.15) is 17.7 Å². The molecule has 1 aliphatic rings. The average Bonchev–Trinajstić information content (AvgIpc) is 2.26. The quantitative estimate of drug-likeness (QED) is 0.723. The Morgan fingerprint density at radius 2 is 2.31 bits per heavy atom. The first-order valence-electron chi connectivity index (χ1n) is 5.36. The van der Waals surface area contributed by atoms with Crippen molar-refractivity contribution in [1.29, 1.82) is 0 Å². The first-order valence-corrected chi connectivity index (χ1v) is 5.36. The van der Waals surface area contributed by atoms with Gasteiger partial charge in [0.2, 0.25) is 5.91 Å². The molecule has 16 heavy (non-hydrogen) atoms. The smallest absolute Gasteiger partial charge is 0.264 e. The molecule has 0 saturated carbocycles. The number of aromatic nitrogens is 2. The summed E-state index contributed by atoms with van der Waals surface area (Å²) in [5.74, 6) is 0.122. The second kappa shape index (κ2) is 4.08. The Morgan fingerprint density at radius 3 is 3.00 bits per heavy atom. The summed E-state index contributed by atoms with van der Waals surface area (Å²) in [6, 6.07) is 1.55. The van der Waals surface area contributed by atoms with Crippen LogP contribution >= 0.6 is 0 Å². The van der Waals surface area contributed by atoms with Gasteiger partial charge in [-0.05, 0) is 24.8 Å². The van der Waals surface area contributed by atoms with Crippen LogP contribution in [-0.4, -0.2) is 35.1 Å². The molecule has 86 valence electrons. The van der Waals surface area contributed by atoms with E-state index in [1.807, 2.05) is 0 Å². The molecule has 5 heteroatoms. The van der Waals surface area contributed by atoms with Crippen LogP contribution in [0.5, 0.6) is 0 Å². The third-order valence-electron chi connectivity index (χ3n) is 2.96. The number of aromatic amines is 1. The topological polar surface area (TPSA) is 66.1 Å². The molecular formula is C11H15N3O2. The van der Waals surface area contributed by atoms with E-state index in [9.17, 15) is 9.59 Å². The number of aryl methyl sites for hydroxylation is 1. The highest BCUT2D eigenvalue weighted by molar-refractivity contribution is 5.78. The molecule has 1 aliphatic carbocycles. The molecule has 2 rings (SSSR count). The van der Waals surface area contributed by atoms with E-state index in [2.05, 4.69) is 10.2 Å². The van der Waals surface area contributed by atoms with Crippen molar-refractivity contribution in [3.63, 3.8) is 0 Å².